The Balaban J connectivity index is 2.24. The zero-order valence-corrected chi connectivity index (χ0v) is 7.45. The number of rotatable bonds is 1. The molecular formula is C9H10F2N2O. The van der Waals surface area contributed by atoms with Crippen molar-refractivity contribution in [1.29, 1.82) is 0 Å². The minimum Gasteiger partial charge on any atom is -0.391 e. The lowest BCUT2D eigenvalue weighted by Crippen LogP contribution is -2.23. The van der Waals surface area contributed by atoms with E-state index >= 15 is 0 Å². The maximum absolute atomic E-state index is 13.2. The Labute approximate surface area is 80.0 Å². The molecular weight excluding hydrogens is 190 g/mol. The summed E-state index contributed by atoms with van der Waals surface area (Å²) >= 11 is 0. The number of β-amino-alcohol motifs (C(OH)–C–C–N with tert-alkyl or cyclic N) is 1. The van der Waals surface area contributed by atoms with Crippen LogP contribution in [0.4, 0.5) is 14.6 Å². The zero-order chi connectivity index (χ0) is 10.1. The highest BCUT2D eigenvalue weighted by atomic mass is 19.1. The first-order valence-corrected chi connectivity index (χ1v) is 4.41. The third kappa shape index (κ3) is 1.68. The fraction of sp³-hybridized carbons (Fsp3) is 0.444. The Morgan fingerprint density at radius 2 is 2.29 bits per heavy atom. The van der Waals surface area contributed by atoms with E-state index in [0.717, 1.165) is 12.3 Å². The molecule has 1 N–H and O–H groups in total. The van der Waals surface area contributed by atoms with E-state index in [1.165, 1.54) is 0 Å². The van der Waals surface area contributed by atoms with Gasteiger partial charge in [0.05, 0.1) is 12.3 Å². The summed E-state index contributed by atoms with van der Waals surface area (Å²) in [5, 5.41) is 9.24. The highest BCUT2D eigenvalue weighted by Crippen LogP contribution is 2.21. The Morgan fingerprint density at radius 3 is 2.86 bits per heavy atom. The first-order valence-electron chi connectivity index (χ1n) is 4.41. The molecule has 0 bridgehead atoms. The topological polar surface area (TPSA) is 36.4 Å². The molecule has 2 rings (SSSR count). The highest BCUT2D eigenvalue weighted by Gasteiger charge is 2.23. The van der Waals surface area contributed by atoms with E-state index in [4.69, 9.17) is 0 Å². The van der Waals surface area contributed by atoms with Crippen molar-refractivity contribution in [3.63, 3.8) is 0 Å². The average molecular weight is 200 g/mol. The maximum Gasteiger partial charge on any atom is 0.168 e. The molecule has 5 heteroatoms. The number of halogens is 2. The third-order valence-corrected chi connectivity index (χ3v) is 2.25. The smallest absolute Gasteiger partial charge is 0.168 e. The van der Waals surface area contributed by atoms with Crippen LogP contribution in [0.25, 0.3) is 0 Å². The van der Waals surface area contributed by atoms with E-state index in [1.807, 2.05) is 0 Å². The highest BCUT2D eigenvalue weighted by molar-refractivity contribution is 5.41. The van der Waals surface area contributed by atoms with Gasteiger partial charge in [0.15, 0.2) is 11.6 Å². The van der Waals surface area contributed by atoms with Crippen LogP contribution < -0.4 is 4.90 Å². The summed E-state index contributed by atoms with van der Waals surface area (Å²) in [6.45, 7) is 0.909. The number of hydrogen-bond acceptors (Lipinski definition) is 3. The van der Waals surface area contributed by atoms with Crippen LogP contribution in [0.2, 0.25) is 0 Å². The van der Waals surface area contributed by atoms with Crippen LogP contribution in [0, 0.1) is 11.6 Å². The molecule has 0 aliphatic carbocycles. The first kappa shape index (κ1) is 9.33. The number of aliphatic hydroxyl groups excluding tert-OH is 1. The summed E-state index contributed by atoms with van der Waals surface area (Å²) in [6, 6.07) is 0.799. The SMILES string of the molecule is OC1CCN(c2ncc(F)cc2F)C1. The molecule has 1 atom stereocenters. The van der Waals surface area contributed by atoms with Crippen molar-refractivity contribution < 1.29 is 13.9 Å². The normalized spacial score (nSPS) is 21.6. The van der Waals surface area contributed by atoms with Crippen LogP contribution >= 0.6 is 0 Å². The van der Waals surface area contributed by atoms with E-state index in [-0.39, 0.29) is 5.82 Å². The van der Waals surface area contributed by atoms with Gasteiger partial charge in [0.25, 0.3) is 0 Å². The van der Waals surface area contributed by atoms with E-state index in [9.17, 15) is 13.9 Å². The summed E-state index contributed by atoms with van der Waals surface area (Å²) in [5.41, 5.74) is 0. The van der Waals surface area contributed by atoms with Gasteiger partial charge in [-0.25, -0.2) is 13.8 Å². The van der Waals surface area contributed by atoms with E-state index < -0.39 is 17.7 Å². The van der Waals surface area contributed by atoms with Crippen molar-refractivity contribution >= 4 is 5.82 Å². The van der Waals surface area contributed by atoms with Gasteiger partial charge in [-0.05, 0) is 6.42 Å². The van der Waals surface area contributed by atoms with Crippen LogP contribution in [0.15, 0.2) is 12.3 Å². The van der Waals surface area contributed by atoms with Crippen LogP contribution in [-0.4, -0.2) is 29.3 Å². The number of aromatic nitrogens is 1. The summed E-state index contributed by atoms with van der Waals surface area (Å²) in [4.78, 5) is 5.27. The van der Waals surface area contributed by atoms with Gasteiger partial charge in [-0.1, -0.05) is 0 Å². The summed E-state index contributed by atoms with van der Waals surface area (Å²) in [7, 11) is 0. The third-order valence-electron chi connectivity index (χ3n) is 2.25. The van der Waals surface area contributed by atoms with E-state index in [1.54, 1.807) is 4.90 Å². The lowest BCUT2D eigenvalue weighted by Gasteiger charge is -2.16. The Morgan fingerprint density at radius 1 is 1.50 bits per heavy atom. The summed E-state index contributed by atoms with van der Waals surface area (Å²) in [5.74, 6) is -1.26. The van der Waals surface area contributed by atoms with Crippen molar-refractivity contribution in [2.24, 2.45) is 0 Å². The summed E-state index contributed by atoms with van der Waals surface area (Å²) < 4.78 is 25.7. The summed E-state index contributed by atoms with van der Waals surface area (Å²) in [6.07, 6.45) is 1.13. The molecule has 0 spiro atoms. The largest absolute Gasteiger partial charge is 0.391 e. The molecule has 0 amide bonds. The van der Waals surface area contributed by atoms with E-state index in [0.29, 0.717) is 19.5 Å². The van der Waals surface area contributed by atoms with Gasteiger partial charge in [-0.15, -0.1) is 0 Å². The second-order valence-corrected chi connectivity index (χ2v) is 3.35. The first-order chi connectivity index (χ1) is 6.66. The minimum absolute atomic E-state index is 0.114. The minimum atomic E-state index is -0.689. The molecule has 1 unspecified atom stereocenters. The van der Waals surface area contributed by atoms with Gasteiger partial charge in [-0.3, -0.25) is 0 Å². The number of pyridine rings is 1. The maximum atomic E-state index is 13.2. The van der Waals surface area contributed by atoms with Crippen molar-refractivity contribution in [1.82, 2.24) is 4.98 Å². The zero-order valence-electron chi connectivity index (χ0n) is 7.45. The van der Waals surface area contributed by atoms with Crippen LogP contribution in [0.3, 0.4) is 0 Å². The molecule has 1 aromatic rings. The van der Waals surface area contributed by atoms with E-state index in [2.05, 4.69) is 4.98 Å². The second kappa shape index (κ2) is 3.49. The lowest BCUT2D eigenvalue weighted by atomic mass is 10.3. The Kier molecular flexibility index (Phi) is 2.33. The number of anilines is 1. The van der Waals surface area contributed by atoms with Gasteiger partial charge in [-0.2, -0.15) is 0 Å². The predicted octanol–water partition coefficient (Wildman–Crippen LogP) is 0.931. The molecule has 3 nitrogen and oxygen atoms in total. The molecule has 1 aliphatic rings. The van der Waals surface area contributed by atoms with Crippen molar-refractivity contribution in [2.45, 2.75) is 12.5 Å². The molecule has 76 valence electrons. The van der Waals surface area contributed by atoms with Gasteiger partial charge in [0.1, 0.15) is 5.82 Å². The standard InChI is InChI=1S/C9H10F2N2O/c10-6-3-8(11)9(12-4-6)13-2-1-7(14)5-13/h3-4,7,14H,1-2,5H2. The molecule has 14 heavy (non-hydrogen) atoms. The molecule has 1 aliphatic heterocycles. The van der Waals surface area contributed by atoms with Crippen LogP contribution in [0.5, 0.6) is 0 Å². The molecule has 2 heterocycles. The van der Waals surface area contributed by atoms with Crippen molar-refractivity contribution in [2.75, 3.05) is 18.0 Å². The van der Waals surface area contributed by atoms with Gasteiger partial charge < -0.3 is 10.0 Å². The van der Waals surface area contributed by atoms with Crippen LogP contribution in [-0.2, 0) is 0 Å². The molecule has 0 saturated carbocycles. The number of hydrogen-bond donors (Lipinski definition) is 1. The van der Waals surface area contributed by atoms with Gasteiger partial charge in [0, 0.05) is 19.2 Å². The number of nitrogens with zero attached hydrogens (tertiary/aromatic N) is 2. The Hall–Kier alpha value is -1.23. The lowest BCUT2D eigenvalue weighted by molar-refractivity contribution is 0.198. The Bertz CT molecular complexity index is 346. The fourth-order valence-electron chi connectivity index (χ4n) is 1.57. The second-order valence-electron chi connectivity index (χ2n) is 3.35. The van der Waals surface area contributed by atoms with Crippen molar-refractivity contribution in [3.8, 4) is 0 Å². The molecule has 0 aromatic carbocycles. The average Bonchev–Trinajstić information content (AvgIpc) is 2.51. The van der Waals surface area contributed by atoms with Gasteiger partial charge in [0.2, 0.25) is 0 Å². The molecule has 1 fully saturated rings. The fourth-order valence-corrected chi connectivity index (χ4v) is 1.57. The monoisotopic (exact) mass is 200 g/mol. The van der Waals surface area contributed by atoms with Crippen molar-refractivity contribution in [3.05, 3.63) is 23.9 Å². The van der Waals surface area contributed by atoms with Gasteiger partial charge >= 0.3 is 0 Å². The molecule has 1 aromatic heterocycles. The molecule has 1 saturated heterocycles. The molecule has 0 radical (unpaired) electrons. The van der Waals surface area contributed by atoms with Crippen LogP contribution in [0.1, 0.15) is 6.42 Å². The predicted molar refractivity (Wildman–Crippen MR) is 47.0 cm³/mol. The quantitative estimate of drug-likeness (QED) is 0.732. The number of aliphatic hydroxyl groups is 1.